The molecule has 0 fully saturated rings. The minimum atomic E-state index is -1.45. The van der Waals surface area contributed by atoms with Crippen molar-refractivity contribution in [3.63, 3.8) is 0 Å². The summed E-state index contributed by atoms with van der Waals surface area (Å²) in [5, 5.41) is 32.6. The van der Waals surface area contributed by atoms with E-state index in [1.54, 1.807) is 24.3 Å². The standard InChI is InChI=1S/C19H32N2O5/c1-2-3-4-5-6-7-12-26-17-10-8-16(9-11-17)20-18(25)21-19(13-22,14-23)15-24/h8-11,22-24H,2-7,12-15H2,1H3,(H2,20,21,25). The summed E-state index contributed by atoms with van der Waals surface area (Å²) in [5.74, 6) is 0.736. The van der Waals surface area contributed by atoms with Gasteiger partial charge in [0.1, 0.15) is 11.3 Å². The number of rotatable bonds is 13. The molecular formula is C19H32N2O5. The van der Waals surface area contributed by atoms with E-state index >= 15 is 0 Å². The molecule has 0 bridgehead atoms. The number of benzene rings is 1. The molecule has 148 valence electrons. The number of urea groups is 1. The largest absolute Gasteiger partial charge is 0.494 e. The second kappa shape index (κ2) is 12.5. The van der Waals surface area contributed by atoms with E-state index < -0.39 is 31.4 Å². The maximum Gasteiger partial charge on any atom is 0.319 e. The highest BCUT2D eigenvalue weighted by atomic mass is 16.5. The van der Waals surface area contributed by atoms with Crippen LogP contribution in [-0.4, -0.2) is 53.3 Å². The molecule has 1 rings (SSSR count). The number of aliphatic hydroxyl groups excluding tert-OH is 3. The Morgan fingerprint density at radius 3 is 2.12 bits per heavy atom. The molecule has 0 aliphatic rings. The maximum atomic E-state index is 11.9. The minimum absolute atomic E-state index is 0.539. The van der Waals surface area contributed by atoms with Crippen molar-refractivity contribution < 1.29 is 24.9 Å². The van der Waals surface area contributed by atoms with Gasteiger partial charge in [0.05, 0.1) is 26.4 Å². The van der Waals surface area contributed by atoms with Gasteiger partial charge in [-0.05, 0) is 30.7 Å². The van der Waals surface area contributed by atoms with Crippen molar-refractivity contribution in [2.45, 2.75) is 51.0 Å². The molecule has 7 heteroatoms. The first kappa shape index (κ1) is 22.2. The second-order valence-corrected chi connectivity index (χ2v) is 6.47. The smallest absolute Gasteiger partial charge is 0.319 e. The number of aliphatic hydroxyl groups is 3. The molecule has 1 aromatic carbocycles. The first-order valence-electron chi connectivity index (χ1n) is 9.23. The van der Waals surface area contributed by atoms with E-state index in [0.717, 1.165) is 12.2 Å². The molecule has 7 nitrogen and oxygen atoms in total. The maximum absolute atomic E-state index is 11.9. The van der Waals surface area contributed by atoms with Crippen LogP contribution in [0.25, 0.3) is 0 Å². The fourth-order valence-corrected chi connectivity index (χ4v) is 2.38. The first-order valence-corrected chi connectivity index (χ1v) is 9.23. The van der Waals surface area contributed by atoms with Crippen molar-refractivity contribution >= 4 is 11.7 Å². The number of hydrogen-bond donors (Lipinski definition) is 5. The molecule has 0 atom stereocenters. The van der Waals surface area contributed by atoms with E-state index in [9.17, 15) is 20.1 Å². The lowest BCUT2D eigenvalue weighted by Gasteiger charge is -2.28. The first-order chi connectivity index (χ1) is 12.6. The molecule has 0 heterocycles. The van der Waals surface area contributed by atoms with Gasteiger partial charge in [0.15, 0.2) is 0 Å². The average molecular weight is 368 g/mol. The van der Waals surface area contributed by atoms with Crippen LogP contribution in [-0.2, 0) is 0 Å². The van der Waals surface area contributed by atoms with Crippen LogP contribution in [0.15, 0.2) is 24.3 Å². The zero-order valence-electron chi connectivity index (χ0n) is 15.5. The third kappa shape index (κ3) is 8.03. The number of unbranched alkanes of at least 4 members (excludes halogenated alkanes) is 5. The molecular weight excluding hydrogens is 336 g/mol. The molecule has 0 unspecified atom stereocenters. The second-order valence-electron chi connectivity index (χ2n) is 6.47. The van der Waals surface area contributed by atoms with E-state index in [4.69, 9.17) is 4.74 Å². The molecule has 0 aliphatic carbocycles. The normalized spacial score (nSPS) is 11.2. The summed E-state index contributed by atoms with van der Waals surface area (Å²) in [6.45, 7) is 1.16. The molecule has 0 aromatic heterocycles. The van der Waals surface area contributed by atoms with E-state index in [2.05, 4.69) is 17.6 Å². The molecule has 0 saturated carbocycles. The van der Waals surface area contributed by atoms with Crippen LogP contribution in [0.5, 0.6) is 5.75 Å². The van der Waals surface area contributed by atoms with E-state index in [0.29, 0.717) is 12.3 Å². The lowest BCUT2D eigenvalue weighted by atomic mass is 10.0. The third-order valence-corrected chi connectivity index (χ3v) is 4.17. The number of amides is 2. The van der Waals surface area contributed by atoms with Gasteiger partial charge in [-0.15, -0.1) is 0 Å². The predicted octanol–water partition coefficient (Wildman–Crippen LogP) is 2.26. The molecule has 2 amide bonds. The predicted molar refractivity (Wildman–Crippen MR) is 101 cm³/mol. The Balaban J connectivity index is 2.34. The van der Waals surface area contributed by atoms with Crippen molar-refractivity contribution in [3.05, 3.63) is 24.3 Å². The monoisotopic (exact) mass is 368 g/mol. The summed E-state index contributed by atoms with van der Waals surface area (Å²) in [6, 6.07) is 6.32. The van der Waals surface area contributed by atoms with Gasteiger partial charge in [-0.2, -0.15) is 0 Å². The van der Waals surface area contributed by atoms with Gasteiger partial charge < -0.3 is 30.7 Å². The number of hydrogen-bond acceptors (Lipinski definition) is 5. The Bertz CT molecular complexity index is 495. The quantitative estimate of drug-likeness (QED) is 0.343. The van der Waals surface area contributed by atoms with Crippen molar-refractivity contribution in [1.29, 1.82) is 0 Å². The minimum Gasteiger partial charge on any atom is -0.494 e. The number of ether oxygens (including phenoxy) is 1. The van der Waals surface area contributed by atoms with Gasteiger partial charge in [-0.1, -0.05) is 39.0 Å². The van der Waals surface area contributed by atoms with Crippen LogP contribution in [0, 0.1) is 0 Å². The molecule has 1 aromatic rings. The Morgan fingerprint density at radius 1 is 0.962 bits per heavy atom. The van der Waals surface area contributed by atoms with Crippen LogP contribution in [0.2, 0.25) is 0 Å². The Labute approximate surface area is 155 Å². The van der Waals surface area contributed by atoms with E-state index in [1.165, 1.54) is 32.1 Å². The summed E-state index contributed by atoms with van der Waals surface area (Å²) < 4.78 is 5.68. The topological polar surface area (TPSA) is 111 Å². The molecule has 0 radical (unpaired) electrons. The Kier molecular flexibility index (Phi) is 10.7. The summed E-state index contributed by atoms with van der Waals surface area (Å²) >= 11 is 0. The summed E-state index contributed by atoms with van der Waals surface area (Å²) in [6.07, 6.45) is 7.25. The fourth-order valence-electron chi connectivity index (χ4n) is 2.38. The fraction of sp³-hybridized carbons (Fsp3) is 0.632. The summed E-state index contributed by atoms with van der Waals surface area (Å²) in [4.78, 5) is 11.9. The molecule has 0 spiro atoms. The molecule has 0 saturated heterocycles. The van der Waals surface area contributed by atoms with Crippen LogP contribution >= 0.6 is 0 Å². The zero-order valence-corrected chi connectivity index (χ0v) is 15.5. The molecule has 26 heavy (non-hydrogen) atoms. The van der Waals surface area contributed by atoms with Gasteiger partial charge in [-0.3, -0.25) is 0 Å². The van der Waals surface area contributed by atoms with Crippen molar-refractivity contribution in [2.24, 2.45) is 0 Å². The SMILES string of the molecule is CCCCCCCCOc1ccc(NC(=O)NC(CO)(CO)CO)cc1. The van der Waals surface area contributed by atoms with Gasteiger partial charge in [0, 0.05) is 5.69 Å². The highest BCUT2D eigenvalue weighted by molar-refractivity contribution is 5.89. The molecule has 0 aliphatic heterocycles. The lowest BCUT2D eigenvalue weighted by molar-refractivity contribution is 0.0507. The number of carbonyl (C=O) groups excluding carboxylic acids is 1. The lowest BCUT2D eigenvalue weighted by Crippen LogP contribution is -2.58. The van der Waals surface area contributed by atoms with E-state index in [1.807, 2.05) is 0 Å². The van der Waals surface area contributed by atoms with Crippen molar-refractivity contribution in [1.82, 2.24) is 5.32 Å². The van der Waals surface area contributed by atoms with E-state index in [-0.39, 0.29) is 0 Å². The van der Waals surface area contributed by atoms with Crippen LogP contribution < -0.4 is 15.4 Å². The number of nitrogens with one attached hydrogen (secondary N) is 2. The zero-order chi connectivity index (χ0) is 19.3. The van der Waals surface area contributed by atoms with Crippen LogP contribution in [0.1, 0.15) is 45.4 Å². The average Bonchev–Trinajstić information content (AvgIpc) is 2.67. The van der Waals surface area contributed by atoms with Gasteiger partial charge in [0.25, 0.3) is 0 Å². The highest BCUT2D eigenvalue weighted by Gasteiger charge is 2.29. The van der Waals surface area contributed by atoms with Crippen LogP contribution in [0.4, 0.5) is 10.5 Å². The Morgan fingerprint density at radius 2 is 1.54 bits per heavy atom. The summed E-state index contributed by atoms with van der Waals surface area (Å²) in [7, 11) is 0. The number of anilines is 1. The van der Waals surface area contributed by atoms with Gasteiger partial charge >= 0.3 is 6.03 Å². The third-order valence-electron chi connectivity index (χ3n) is 4.17. The Hall–Kier alpha value is -1.83. The highest BCUT2D eigenvalue weighted by Crippen LogP contribution is 2.16. The van der Waals surface area contributed by atoms with Gasteiger partial charge in [-0.25, -0.2) is 4.79 Å². The van der Waals surface area contributed by atoms with Crippen molar-refractivity contribution in [3.8, 4) is 5.75 Å². The molecule has 5 N–H and O–H groups in total. The number of carbonyl (C=O) groups is 1. The van der Waals surface area contributed by atoms with Crippen molar-refractivity contribution in [2.75, 3.05) is 31.7 Å². The summed E-state index contributed by atoms with van der Waals surface area (Å²) in [5.41, 5.74) is -0.915. The van der Waals surface area contributed by atoms with Crippen LogP contribution in [0.3, 0.4) is 0 Å². The van der Waals surface area contributed by atoms with Gasteiger partial charge in [0.2, 0.25) is 0 Å².